The quantitative estimate of drug-likeness (QED) is 0.791. The van der Waals surface area contributed by atoms with Crippen LogP contribution in [0.1, 0.15) is 34.1 Å². The summed E-state index contributed by atoms with van der Waals surface area (Å²) < 4.78 is 0. The van der Waals surface area contributed by atoms with Crippen molar-refractivity contribution in [1.82, 2.24) is 9.80 Å². The highest BCUT2D eigenvalue weighted by molar-refractivity contribution is 4.92. The van der Waals surface area contributed by atoms with Crippen molar-refractivity contribution in [3.63, 3.8) is 0 Å². The molecule has 0 aromatic rings. The molecule has 1 fully saturated rings. The number of hydrogen-bond donors (Lipinski definition) is 1. The van der Waals surface area contributed by atoms with Gasteiger partial charge in [-0.25, -0.2) is 0 Å². The maximum atomic E-state index is 5.95. The molecule has 16 heavy (non-hydrogen) atoms. The number of nitrogens with zero attached hydrogens (tertiary/aromatic N) is 2. The normalized spacial score (nSPS) is 28.3. The lowest BCUT2D eigenvalue weighted by Crippen LogP contribution is -2.54. The highest BCUT2D eigenvalue weighted by Gasteiger charge is 2.35. The first-order valence-corrected chi connectivity index (χ1v) is 6.52. The molecule has 0 aliphatic carbocycles. The van der Waals surface area contributed by atoms with E-state index in [-0.39, 0.29) is 5.54 Å². The maximum absolute atomic E-state index is 5.95. The van der Waals surface area contributed by atoms with Crippen LogP contribution in [0.4, 0.5) is 0 Å². The van der Waals surface area contributed by atoms with Crippen LogP contribution in [-0.4, -0.2) is 54.6 Å². The Morgan fingerprint density at radius 2 is 2.00 bits per heavy atom. The Labute approximate surface area is 101 Å². The van der Waals surface area contributed by atoms with Crippen LogP contribution >= 0.6 is 0 Å². The van der Waals surface area contributed by atoms with Crippen LogP contribution < -0.4 is 5.73 Å². The zero-order chi connectivity index (χ0) is 12.3. The van der Waals surface area contributed by atoms with Crippen LogP contribution in [-0.2, 0) is 0 Å². The van der Waals surface area contributed by atoms with E-state index >= 15 is 0 Å². The van der Waals surface area contributed by atoms with Crippen LogP contribution in [0.2, 0.25) is 0 Å². The van der Waals surface area contributed by atoms with Crippen LogP contribution in [0.25, 0.3) is 0 Å². The van der Waals surface area contributed by atoms with Gasteiger partial charge in [0.1, 0.15) is 0 Å². The highest BCUT2D eigenvalue weighted by atomic mass is 15.3. The molecule has 96 valence electrons. The monoisotopic (exact) mass is 227 g/mol. The molecule has 1 atom stereocenters. The van der Waals surface area contributed by atoms with Crippen molar-refractivity contribution >= 4 is 0 Å². The Bertz CT molecular complexity index is 213. The van der Waals surface area contributed by atoms with Crippen LogP contribution in [0.5, 0.6) is 0 Å². The average Bonchev–Trinajstić information content (AvgIpc) is 2.28. The minimum absolute atomic E-state index is 0.277. The molecule has 1 rings (SSSR count). The number of rotatable bonds is 3. The Balaban J connectivity index is 2.83. The van der Waals surface area contributed by atoms with Gasteiger partial charge >= 0.3 is 0 Å². The maximum Gasteiger partial charge on any atom is 0.0350 e. The Morgan fingerprint density at radius 3 is 2.50 bits per heavy atom. The summed E-state index contributed by atoms with van der Waals surface area (Å²) in [5.41, 5.74) is 6.23. The fourth-order valence-electron chi connectivity index (χ4n) is 2.64. The molecular formula is C13H29N3. The molecule has 1 aliphatic rings. The van der Waals surface area contributed by atoms with E-state index < -0.39 is 0 Å². The average molecular weight is 227 g/mol. The van der Waals surface area contributed by atoms with Crippen molar-refractivity contribution in [2.24, 2.45) is 11.7 Å². The highest BCUT2D eigenvalue weighted by Crippen LogP contribution is 2.26. The molecule has 0 aromatic heterocycles. The standard InChI is InChI=1S/C13H29N3/c1-11(2)9-16-12(8-14)10-15(5)7-6-13(16,3)4/h11-12H,6-10,14H2,1-5H3. The first-order valence-electron chi connectivity index (χ1n) is 6.52. The van der Waals surface area contributed by atoms with Gasteiger partial charge in [0.15, 0.2) is 0 Å². The molecular weight excluding hydrogens is 198 g/mol. The lowest BCUT2D eigenvalue weighted by Gasteiger charge is -2.42. The first-order chi connectivity index (χ1) is 7.36. The van der Waals surface area contributed by atoms with Gasteiger partial charge in [0.25, 0.3) is 0 Å². The van der Waals surface area contributed by atoms with E-state index in [1.165, 1.54) is 13.0 Å². The van der Waals surface area contributed by atoms with E-state index in [9.17, 15) is 0 Å². The Morgan fingerprint density at radius 1 is 1.38 bits per heavy atom. The van der Waals surface area contributed by atoms with E-state index in [1.807, 2.05) is 0 Å². The largest absolute Gasteiger partial charge is 0.329 e. The second-order valence-electron chi connectivity index (χ2n) is 6.26. The molecule has 0 amide bonds. The Hall–Kier alpha value is -0.120. The van der Waals surface area contributed by atoms with Crippen molar-refractivity contribution in [3.8, 4) is 0 Å². The van der Waals surface area contributed by atoms with E-state index in [0.717, 1.165) is 19.6 Å². The van der Waals surface area contributed by atoms with Gasteiger partial charge in [0.05, 0.1) is 0 Å². The van der Waals surface area contributed by atoms with E-state index in [2.05, 4.69) is 44.5 Å². The number of nitrogens with two attached hydrogens (primary N) is 1. The third-order valence-corrected chi connectivity index (χ3v) is 3.68. The van der Waals surface area contributed by atoms with Gasteiger partial charge in [0.2, 0.25) is 0 Å². The summed E-state index contributed by atoms with van der Waals surface area (Å²) in [6.45, 7) is 13.5. The van der Waals surface area contributed by atoms with Crippen molar-refractivity contribution < 1.29 is 0 Å². The van der Waals surface area contributed by atoms with Gasteiger partial charge < -0.3 is 10.6 Å². The van der Waals surface area contributed by atoms with Crippen molar-refractivity contribution in [2.45, 2.75) is 45.7 Å². The fourth-order valence-corrected chi connectivity index (χ4v) is 2.64. The van der Waals surface area contributed by atoms with Gasteiger partial charge in [-0.2, -0.15) is 0 Å². The van der Waals surface area contributed by atoms with E-state index in [4.69, 9.17) is 5.73 Å². The zero-order valence-electron chi connectivity index (χ0n) is 11.7. The molecule has 1 heterocycles. The third kappa shape index (κ3) is 3.44. The van der Waals surface area contributed by atoms with Crippen molar-refractivity contribution in [3.05, 3.63) is 0 Å². The SMILES string of the molecule is CC(C)CN1C(CN)CN(C)CCC1(C)C. The summed E-state index contributed by atoms with van der Waals surface area (Å²) in [4.78, 5) is 5.04. The molecule has 1 unspecified atom stereocenters. The summed E-state index contributed by atoms with van der Waals surface area (Å²) in [7, 11) is 2.21. The van der Waals surface area contributed by atoms with Gasteiger partial charge in [-0.3, -0.25) is 4.90 Å². The summed E-state index contributed by atoms with van der Waals surface area (Å²) in [5, 5.41) is 0. The second-order valence-corrected chi connectivity index (χ2v) is 6.26. The molecule has 0 saturated carbocycles. The lowest BCUT2D eigenvalue weighted by atomic mass is 9.95. The fraction of sp³-hybridized carbons (Fsp3) is 1.00. The smallest absolute Gasteiger partial charge is 0.0350 e. The molecule has 1 aliphatic heterocycles. The predicted molar refractivity (Wildman–Crippen MR) is 70.6 cm³/mol. The Kier molecular flexibility index (Phi) is 4.77. The lowest BCUT2D eigenvalue weighted by molar-refractivity contribution is 0.0658. The van der Waals surface area contributed by atoms with Crippen LogP contribution in [0.15, 0.2) is 0 Å². The van der Waals surface area contributed by atoms with Crippen molar-refractivity contribution in [2.75, 3.05) is 33.2 Å². The van der Waals surface area contributed by atoms with Gasteiger partial charge in [-0.1, -0.05) is 13.8 Å². The molecule has 3 heteroatoms. The number of hydrogen-bond acceptors (Lipinski definition) is 3. The topological polar surface area (TPSA) is 32.5 Å². The van der Waals surface area contributed by atoms with Gasteiger partial charge in [0, 0.05) is 31.2 Å². The first kappa shape index (κ1) is 13.9. The van der Waals surface area contributed by atoms with Crippen molar-refractivity contribution in [1.29, 1.82) is 0 Å². The molecule has 0 aromatic carbocycles. The third-order valence-electron chi connectivity index (χ3n) is 3.68. The summed E-state index contributed by atoms with van der Waals surface area (Å²) >= 11 is 0. The van der Waals surface area contributed by atoms with E-state index in [0.29, 0.717) is 12.0 Å². The molecule has 0 bridgehead atoms. The summed E-state index contributed by atoms with van der Waals surface area (Å²) in [6.07, 6.45) is 1.23. The van der Waals surface area contributed by atoms with Crippen LogP contribution in [0.3, 0.4) is 0 Å². The second kappa shape index (κ2) is 5.48. The molecule has 3 nitrogen and oxygen atoms in total. The minimum Gasteiger partial charge on any atom is -0.329 e. The molecule has 1 saturated heterocycles. The summed E-state index contributed by atoms with van der Waals surface area (Å²) in [5.74, 6) is 0.705. The number of likely N-dealkylation sites (N-methyl/N-ethyl adjacent to an activating group) is 1. The van der Waals surface area contributed by atoms with E-state index in [1.54, 1.807) is 0 Å². The predicted octanol–water partition coefficient (Wildman–Crippen LogP) is 1.39. The van der Waals surface area contributed by atoms with Crippen LogP contribution in [0, 0.1) is 5.92 Å². The van der Waals surface area contributed by atoms with Gasteiger partial charge in [-0.15, -0.1) is 0 Å². The molecule has 2 N–H and O–H groups in total. The molecule has 0 spiro atoms. The zero-order valence-corrected chi connectivity index (χ0v) is 11.7. The molecule has 0 radical (unpaired) electrons. The summed E-state index contributed by atoms with van der Waals surface area (Å²) in [6, 6.07) is 0.505. The van der Waals surface area contributed by atoms with Gasteiger partial charge in [-0.05, 0) is 39.8 Å². The minimum atomic E-state index is 0.277.